The maximum Gasteiger partial charge on any atom is 0.262 e. The molecular formula is C11H18Cl2F2N4O. The zero-order valence-electron chi connectivity index (χ0n) is 11.0. The van der Waals surface area contributed by atoms with E-state index in [9.17, 15) is 13.6 Å². The zero-order valence-corrected chi connectivity index (χ0v) is 12.6. The monoisotopic (exact) mass is 330 g/mol. The molecule has 1 aromatic heterocycles. The fourth-order valence-corrected chi connectivity index (χ4v) is 1.95. The maximum atomic E-state index is 13.0. The summed E-state index contributed by atoms with van der Waals surface area (Å²) >= 11 is 0. The standard InChI is InChI=1S/C11H16F2N4O.2ClH/c1-16(5-6-17-4-2-3-15-17)10(18)9-7-11(12,13)8-14-9;;/h2-4,9,14H,5-8H2,1H3;2*1H. The molecule has 1 aliphatic heterocycles. The fourth-order valence-electron chi connectivity index (χ4n) is 1.95. The molecule has 1 fully saturated rings. The van der Waals surface area contributed by atoms with Crippen molar-refractivity contribution in [2.75, 3.05) is 20.1 Å². The number of hydrogen-bond acceptors (Lipinski definition) is 3. The molecule has 0 aromatic carbocycles. The van der Waals surface area contributed by atoms with Crippen molar-refractivity contribution in [2.45, 2.75) is 24.9 Å². The average Bonchev–Trinajstić information content (AvgIpc) is 2.94. The van der Waals surface area contributed by atoms with E-state index in [1.807, 2.05) is 0 Å². The molecule has 20 heavy (non-hydrogen) atoms. The van der Waals surface area contributed by atoms with Crippen LogP contribution in [0.3, 0.4) is 0 Å². The summed E-state index contributed by atoms with van der Waals surface area (Å²) in [6.45, 7) is 0.582. The molecule has 116 valence electrons. The molecule has 1 N–H and O–H groups in total. The number of amides is 1. The Labute approximate surface area is 128 Å². The Bertz CT molecular complexity index is 417. The molecule has 5 nitrogen and oxygen atoms in total. The van der Waals surface area contributed by atoms with E-state index >= 15 is 0 Å². The molecule has 0 radical (unpaired) electrons. The molecule has 1 atom stereocenters. The van der Waals surface area contributed by atoms with Gasteiger partial charge in [-0.25, -0.2) is 8.78 Å². The normalized spacial score (nSPS) is 19.9. The molecule has 2 rings (SSSR count). The molecular weight excluding hydrogens is 313 g/mol. The van der Waals surface area contributed by atoms with Gasteiger partial charge in [0.15, 0.2) is 0 Å². The van der Waals surface area contributed by atoms with Crippen LogP contribution < -0.4 is 5.32 Å². The van der Waals surface area contributed by atoms with Crippen molar-refractivity contribution in [2.24, 2.45) is 0 Å². The summed E-state index contributed by atoms with van der Waals surface area (Å²) in [7, 11) is 1.62. The van der Waals surface area contributed by atoms with Crippen LogP contribution in [0.4, 0.5) is 8.78 Å². The van der Waals surface area contributed by atoms with Gasteiger partial charge < -0.3 is 4.90 Å². The Morgan fingerprint density at radius 1 is 1.55 bits per heavy atom. The first-order valence-electron chi connectivity index (χ1n) is 5.81. The lowest BCUT2D eigenvalue weighted by molar-refractivity contribution is -0.132. The first kappa shape index (κ1) is 19.1. The molecule has 0 spiro atoms. The molecule has 9 heteroatoms. The number of carbonyl (C=O) groups excluding carboxylic acids is 1. The first-order chi connectivity index (χ1) is 8.48. The molecule has 1 aliphatic rings. The van der Waals surface area contributed by atoms with E-state index in [1.54, 1.807) is 30.2 Å². The van der Waals surface area contributed by atoms with Gasteiger partial charge in [-0.2, -0.15) is 5.10 Å². The van der Waals surface area contributed by atoms with Crippen LogP contribution in [0.25, 0.3) is 0 Å². The van der Waals surface area contributed by atoms with Crippen molar-refractivity contribution in [3.05, 3.63) is 18.5 Å². The van der Waals surface area contributed by atoms with Gasteiger partial charge in [-0.15, -0.1) is 24.8 Å². The van der Waals surface area contributed by atoms with Crippen molar-refractivity contribution in [1.82, 2.24) is 20.0 Å². The van der Waals surface area contributed by atoms with Gasteiger partial charge in [0.1, 0.15) is 0 Å². The third-order valence-corrected chi connectivity index (χ3v) is 3.01. The number of aromatic nitrogens is 2. The molecule has 2 heterocycles. The SMILES string of the molecule is CN(CCn1cccn1)C(=O)C1CC(F)(F)CN1.Cl.Cl. The van der Waals surface area contributed by atoms with Gasteiger partial charge in [-0.1, -0.05) is 0 Å². The number of halogens is 4. The lowest BCUT2D eigenvalue weighted by Gasteiger charge is -2.21. The van der Waals surface area contributed by atoms with Gasteiger partial charge >= 0.3 is 0 Å². The van der Waals surface area contributed by atoms with E-state index in [0.29, 0.717) is 13.1 Å². The van der Waals surface area contributed by atoms with E-state index in [-0.39, 0.29) is 30.7 Å². The zero-order chi connectivity index (χ0) is 13.2. The summed E-state index contributed by atoms with van der Waals surface area (Å²) in [5, 5.41) is 6.57. The minimum atomic E-state index is -2.77. The van der Waals surface area contributed by atoms with E-state index in [0.717, 1.165) is 0 Å². The maximum absolute atomic E-state index is 13.0. The summed E-state index contributed by atoms with van der Waals surface area (Å²) in [4.78, 5) is 13.4. The molecule has 1 unspecified atom stereocenters. The highest BCUT2D eigenvalue weighted by Gasteiger charge is 2.42. The van der Waals surface area contributed by atoms with Gasteiger partial charge in [0, 0.05) is 32.4 Å². The van der Waals surface area contributed by atoms with Crippen LogP contribution >= 0.6 is 24.8 Å². The highest BCUT2D eigenvalue weighted by Crippen LogP contribution is 2.25. The van der Waals surface area contributed by atoms with Crippen molar-refractivity contribution in [1.29, 1.82) is 0 Å². The average molecular weight is 331 g/mol. The Morgan fingerprint density at radius 3 is 2.75 bits per heavy atom. The van der Waals surface area contributed by atoms with Crippen LogP contribution in [-0.4, -0.2) is 52.7 Å². The minimum Gasteiger partial charge on any atom is -0.343 e. The van der Waals surface area contributed by atoms with Crippen LogP contribution in [0.1, 0.15) is 6.42 Å². The molecule has 1 amide bonds. The quantitative estimate of drug-likeness (QED) is 0.902. The second-order valence-corrected chi connectivity index (χ2v) is 4.52. The van der Waals surface area contributed by atoms with Crippen molar-refractivity contribution in [3.8, 4) is 0 Å². The lowest BCUT2D eigenvalue weighted by atomic mass is 10.2. The summed E-state index contributed by atoms with van der Waals surface area (Å²) < 4.78 is 27.7. The van der Waals surface area contributed by atoms with Gasteiger partial charge in [0.05, 0.1) is 19.1 Å². The Hall–Kier alpha value is -0.920. The van der Waals surface area contributed by atoms with Crippen LogP contribution in [0, 0.1) is 0 Å². The largest absolute Gasteiger partial charge is 0.343 e. The Balaban J connectivity index is 0.00000180. The van der Waals surface area contributed by atoms with Crippen LogP contribution in [0.5, 0.6) is 0 Å². The van der Waals surface area contributed by atoms with Gasteiger partial charge in [-0.05, 0) is 6.07 Å². The third kappa shape index (κ3) is 4.88. The number of likely N-dealkylation sites (N-methyl/N-ethyl adjacent to an activating group) is 1. The number of hydrogen-bond donors (Lipinski definition) is 1. The number of carbonyl (C=O) groups is 1. The predicted octanol–water partition coefficient (Wildman–Crippen LogP) is 1.18. The van der Waals surface area contributed by atoms with E-state index in [4.69, 9.17) is 0 Å². The highest BCUT2D eigenvalue weighted by atomic mass is 35.5. The predicted molar refractivity (Wildman–Crippen MR) is 75.7 cm³/mol. The van der Waals surface area contributed by atoms with E-state index < -0.39 is 24.9 Å². The summed E-state index contributed by atoms with van der Waals surface area (Å²) in [6, 6.07) is 1.02. The molecule has 1 aromatic rings. The summed E-state index contributed by atoms with van der Waals surface area (Å²) in [6.07, 6.45) is 3.03. The summed E-state index contributed by atoms with van der Waals surface area (Å²) in [5.74, 6) is -3.07. The van der Waals surface area contributed by atoms with E-state index in [1.165, 1.54) is 4.90 Å². The molecule has 0 saturated carbocycles. The minimum absolute atomic E-state index is 0. The van der Waals surface area contributed by atoms with Gasteiger partial charge in [0.25, 0.3) is 5.92 Å². The number of nitrogens with zero attached hydrogens (tertiary/aromatic N) is 3. The van der Waals surface area contributed by atoms with Gasteiger partial charge in [0.2, 0.25) is 5.91 Å². The Kier molecular flexibility index (Phi) is 7.40. The van der Waals surface area contributed by atoms with Crippen molar-refractivity contribution in [3.63, 3.8) is 0 Å². The van der Waals surface area contributed by atoms with E-state index in [2.05, 4.69) is 10.4 Å². The topological polar surface area (TPSA) is 50.2 Å². The fraction of sp³-hybridized carbons (Fsp3) is 0.636. The smallest absolute Gasteiger partial charge is 0.262 e. The first-order valence-corrected chi connectivity index (χ1v) is 5.81. The van der Waals surface area contributed by atoms with Gasteiger partial charge in [-0.3, -0.25) is 14.8 Å². The second kappa shape index (κ2) is 7.75. The van der Waals surface area contributed by atoms with Crippen molar-refractivity contribution < 1.29 is 13.6 Å². The number of rotatable bonds is 4. The van der Waals surface area contributed by atoms with Crippen LogP contribution in [0.15, 0.2) is 18.5 Å². The lowest BCUT2D eigenvalue weighted by Crippen LogP contribution is -2.42. The molecule has 0 aliphatic carbocycles. The summed E-state index contributed by atoms with van der Waals surface area (Å²) in [5.41, 5.74) is 0. The molecule has 0 bridgehead atoms. The van der Waals surface area contributed by atoms with Crippen molar-refractivity contribution >= 4 is 30.7 Å². The second-order valence-electron chi connectivity index (χ2n) is 4.52. The molecule has 1 saturated heterocycles. The number of nitrogens with one attached hydrogen (secondary N) is 1. The third-order valence-electron chi connectivity index (χ3n) is 3.01. The number of alkyl halides is 2. The van der Waals surface area contributed by atoms with Crippen LogP contribution in [0.2, 0.25) is 0 Å². The van der Waals surface area contributed by atoms with Crippen LogP contribution in [-0.2, 0) is 11.3 Å². The Morgan fingerprint density at radius 2 is 2.25 bits per heavy atom. The highest BCUT2D eigenvalue weighted by molar-refractivity contribution is 5.85.